The number of H-pyrrole nitrogens is 1. The molecule has 0 fully saturated rings. The Morgan fingerprint density at radius 2 is 1.78 bits per heavy atom. The zero-order valence-electron chi connectivity index (χ0n) is 14.0. The van der Waals surface area contributed by atoms with E-state index >= 15 is 0 Å². The van der Waals surface area contributed by atoms with Crippen LogP contribution in [-0.4, -0.2) is 33.9 Å². The van der Waals surface area contributed by atoms with E-state index < -0.39 is 23.5 Å². The molecule has 0 aliphatic rings. The van der Waals surface area contributed by atoms with Gasteiger partial charge in [0, 0.05) is 24.2 Å². The summed E-state index contributed by atoms with van der Waals surface area (Å²) < 4.78 is 39.7. The van der Waals surface area contributed by atoms with Gasteiger partial charge < -0.3 is 11.1 Å². The molecular formula is C17H17ClF3N5O. The van der Waals surface area contributed by atoms with Crippen molar-refractivity contribution in [2.45, 2.75) is 18.9 Å². The molecule has 6 nitrogen and oxygen atoms in total. The Labute approximate surface area is 158 Å². The number of nitrogens with two attached hydrogens (primary N) is 1. The van der Waals surface area contributed by atoms with Crippen molar-refractivity contribution in [2.75, 3.05) is 6.54 Å². The van der Waals surface area contributed by atoms with Gasteiger partial charge in [0.25, 0.3) is 5.91 Å². The number of hydrogen-bond donors (Lipinski definition) is 3. The van der Waals surface area contributed by atoms with Crippen LogP contribution in [0.1, 0.15) is 22.3 Å². The number of nitrogens with zero attached hydrogens (tertiary/aromatic N) is 2. The highest BCUT2D eigenvalue weighted by Gasteiger charge is 2.14. The fraction of sp³-hybridized carbons (Fsp3) is 0.235. The van der Waals surface area contributed by atoms with Gasteiger partial charge in [-0.25, -0.2) is 13.2 Å². The molecule has 144 valence electrons. The first kappa shape index (κ1) is 20.7. The fourth-order valence-corrected chi connectivity index (χ4v) is 2.56. The van der Waals surface area contributed by atoms with Crippen LogP contribution in [0.4, 0.5) is 13.2 Å². The molecule has 1 heterocycles. The summed E-state index contributed by atoms with van der Waals surface area (Å²) in [5.41, 5.74) is 7.54. The van der Waals surface area contributed by atoms with E-state index in [2.05, 4.69) is 20.7 Å². The van der Waals surface area contributed by atoms with E-state index in [1.54, 1.807) is 18.2 Å². The van der Waals surface area contributed by atoms with Gasteiger partial charge in [0.05, 0.1) is 0 Å². The molecule has 0 unspecified atom stereocenters. The number of nitrogens with one attached hydrogen (secondary N) is 2. The lowest BCUT2D eigenvalue weighted by Gasteiger charge is -2.13. The quantitative estimate of drug-likeness (QED) is 0.555. The first-order chi connectivity index (χ1) is 12.4. The second-order valence-electron chi connectivity index (χ2n) is 5.89. The summed E-state index contributed by atoms with van der Waals surface area (Å²) in [5.74, 6) is -3.51. The zero-order chi connectivity index (χ0) is 18.7. The third-order valence-corrected chi connectivity index (χ3v) is 3.95. The summed E-state index contributed by atoms with van der Waals surface area (Å²) in [4.78, 5) is 12.1. The number of halogens is 4. The maximum Gasteiger partial charge on any atom is 0.251 e. The second kappa shape index (κ2) is 8.83. The molecule has 1 amide bonds. The number of fused-ring (bicyclic) bond motifs is 1. The number of amides is 1. The van der Waals surface area contributed by atoms with Crippen molar-refractivity contribution in [3.63, 3.8) is 0 Å². The molecular weight excluding hydrogens is 383 g/mol. The van der Waals surface area contributed by atoms with Gasteiger partial charge in [0.2, 0.25) is 0 Å². The number of benzene rings is 2. The van der Waals surface area contributed by atoms with Gasteiger partial charge in [-0.15, -0.1) is 12.4 Å². The van der Waals surface area contributed by atoms with Crippen molar-refractivity contribution in [2.24, 2.45) is 5.73 Å². The molecule has 0 radical (unpaired) electrons. The Morgan fingerprint density at radius 3 is 2.56 bits per heavy atom. The van der Waals surface area contributed by atoms with E-state index in [1.807, 2.05) is 0 Å². The summed E-state index contributed by atoms with van der Waals surface area (Å²) in [6, 6.07) is 5.68. The van der Waals surface area contributed by atoms with Crippen LogP contribution >= 0.6 is 12.4 Å². The molecule has 2 aromatic carbocycles. The second-order valence-corrected chi connectivity index (χ2v) is 5.89. The lowest BCUT2D eigenvalue weighted by Crippen LogP contribution is -2.31. The Hall–Kier alpha value is -2.65. The van der Waals surface area contributed by atoms with Gasteiger partial charge in [-0.3, -0.25) is 4.79 Å². The third kappa shape index (κ3) is 4.95. The lowest BCUT2D eigenvalue weighted by molar-refractivity contribution is 0.0952. The van der Waals surface area contributed by atoms with Gasteiger partial charge in [-0.2, -0.15) is 15.4 Å². The first-order valence-corrected chi connectivity index (χ1v) is 7.92. The molecule has 4 N–H and O–H groups in total. The molecule has 0 aliphatic heterocycles. The number of aromatic amines is 1. The van der Waals surface area contributed by atoms with Crippen LogP contribution in [0.25, 0.3) is 11.0 Å². The Kier molecular flexibility index (Phi) is 6.75. The van der Waals surface area contributed by atoms with Gasteiger partial charge in [-0.1, -0.05) is 0 Å². The largest absolute Gasteiger partial charge is 0.352 e. The van der Waals surface area contributed by atoms with E-state index in [0.717, 1.165) is 6.07 Å². The number of carbonyl (C=O) groups is 1. The molecule has 3 aromatic rings. The number of rotatable bonds is 6. The third-order valence-electron chi connectivity index (χ3n) is 3.95. The van der Waals surface area contributed by atoms with Crippen LogP contribution in [0, 0.1) is 17.5 Å². The van der Waals surface area contributed by atoms with E-state index in [4.69, 9.17) is 5.73 Å². The molecule has 0 saturated carbocycles. The predicted octanol–water partition coefficient (Wildman–Crippen LogP) is 2.49. The first-order valence-electron chi connectivity index (χ1n) is 7.92. The maximum atomic E-state index is 13.6. The summed E-state index contributed by atoms with van der Waals surface area (Å²) in [6.45, 7) is 0.252. The van der Waals surface area contributed by atoms with Crippen molar-refractivity contribution in [1.29, 1.82) is 0 Å². The van der Waals surface area contributed by atoms with Crippen LogP contribution in [-0.2, 0) is 6.42 Å². The fourth-order valence-electron chi connectivity index (χ4n) is 2.56. The van der Waals surface area contributed by atoms with Crippen LogP contribution in [0.3, 0.4) is 0 Å². The Balaban J connectivity index is 0.00000261. The Bertz CT molecular complexity index is 949. The highest BCUT2D eigenvalue weighted by atomic mass is 35.5. The summed E-state index contributed by atoms with van der Waals surface area (Å²) in [6.07, 6.45) is 0.375. The molecule has 0 spiro atoms. The summed E-state index contributed by atoms with van der Waals surface area (Å²) in [7, 11) is 0. The zero-order valence-corrected chi connectivity index (χ0v) is 14.8. The minimum absolute atomic E-state index is 0. The molecule has 0 aliphatic carbocycles. The minimum Gasteiger partial charge on any atom is -0.352 e. The van der Waals surface area contributed by atoms with Crippen LogP contribution in [0.15, 0.2) is 30.3 Å². The smallest absolute Gasteiger partial charge is 0.251 e. The number of carbonyl (C=O) groups excluding carboxylic acids is 1. The minimum atomic E-state index is -1.24. The monoisotopic (exact) mass is 399 g/mol. The van der Waals surface area contributed by atoms with Gasteiger partial charge >= 0.3 is 0 Å². The molecule has 3 rings (SSSR count). The normalized spacial score (nSPS) is 11.9. The SMILES string of the molecule is Cl.N[C@@H](CCNC(=O)c1ccc2n[nH]nc2c1)Cc1cc(F)c(F)cc1F. The van der Waals surface area contributed by atoms with E-state index in [1.165, 1.54) is 0 Å². The predicted molar refractivity (Wildman–Crippen MR) is 96.1 cm³/mol. The van der Waals surface area contributed by atoms with Crippen molar-refractivity contribution < 1.29 is 18.0 Å². The molecule has 10 heteroatoms. The highest BCUT2D eigenvalue weighted by Crippen LogP contribution is 2.15. The van der Waals surface area contributed by atoms with Gasteiger partial charge in [0.1, 0.15) is 16.9 Å². The summed E-state index contributed by atoms with van der Waals surface area (Å²) in [5, 5.41) is 13.0. The lowest BCUT2D eigenvalue weighted by atomic mass is 10.0. The van der Waals surface area contributed by atoms with E-state index in [-0.39, 0.29) is 36.8 Å². The topological polar surface area (TPSA) is 96.7 Å². The molecule has 1 aromatic heterocycles. The molecule has 0 bridgehead atoms. The average Bonchev–Trinajstić information content (AvgIpc) is 3.07. The van der Waals surface area contributed by atoms with Crippen molar-refractivity contribution in [3.8, 4) is 0 Å². The Morgan fingerprint density at radius 1 is 1.07 bits per heavy atom. The maximum absolute atomic E-state index is 13.6. The van der Waals surface area contributed by atoms with Crippen LogP contribution in [0.2, 0.25) is 0 Å². The van der Waals surface area contributed by atoms with Crippen LogP contribution < -0.4 is 11.1 Å². The molecule has 27 heavy (non-hydrogen) atoms. The number of hydrogen-bond acceptors (Lipinski definition) is 4. The van der Waals surface area contributed by atoms with Gasteiger partial charge in [0.15, 0.2) is 11.6 Å². The standard InChI is InChI=1S/C17H16F3N5O.ClH/c18-12-8-14(20)13(19)6-10(12)5-11(21)3-4-22-17(26)9-1-2-15-16(7-9)24-25-23-15;/h1-2,6-8,11H,3-5,21H2,(H,22,26)(H,23,24,25);1H/t11-;/m0./s1. The summed E-state index contributed by atoms with van der Waals surface area (Å²) >= 11 is 0. The van der Waals surface area contributed by atoms with Crippen molar-refractivity contribution in [3.05, 3.63) is 58.9 Å². The average molecular weight is 400 g/mol. The molecule has 1 atom stereocenters. The highest BCUT2D eigenvalue weighted by molar-refractivity contribution is 5.97. The number of aromatic nitrogens is 3. The van der Waals surface area contributed by atoms with Crippen molar-refractivity contribution >= 4 is 29.3 Å². The van der Waals surface area contributed by atoms with Crippen LogP contribution in [0.5, 0.6) is 0 Å². The van der Waals surface area contributed by atoms with E-state index in [9.17, 15) is 18.0 Å². The van der Waals surface area contributed by atoms with Crippen molar-refractivity contribution in [1.82, 2.24) is 20.7 Å². The van der Waals surface area contributed by atoms with E-state index in [0.29, 0.717) is 29.1 Å². The van der Waals surface area contributed by atoms with Gasteiger partial charge in [-0.05, 0) is 42.7 Å². The molecule has 0 saturated heterocycles.